The van der Waals surface area contributed by atoms with Crippen molar-refractivity contribution in [3.05, 3.63) is 23.8 Å². The van der Waals surface area contributed by atoms with Gasteiger partial charge in [0.25, 0.3) is 0 Å². The van der Waals surface area contributed by atoms with E-state index in [1.54, 1.807) is 0 Å². The molecule has 0 aromatic heterocycles. The SMILES string of the molecule is CC(C)(C)C1=[C-]CC=C1.[Cl-].[Cl-].[Zr+3]. The van der Waals surface area contributed by atoms with E-state index in [0.717, 1.165) is 6.42 Å². The summed E-state index contributed by atoms with van der Waals surface area (Å²) < 4.78 is 0. The van der Waals surface area contributed by atoms with Crippen molar-refractivity contribution >= 4 is 0 Å². The van der Waals surface area contributed by atoms with E-state index in [2.05, 4.69) is 39.0 Å². The molecule has 1 aliphatic carbocycles. The second kappa shape index (κ2) is 7.36. The fraction of sp³-hybridized carbons (Fsp3) is 0.556. The van der Waals surface area contributed by atoms with Gasteiger partial charge in [-0.3, -0.25) is 6.08 Å². The van der Waals surface area contributed by atoms with Crippen molar-refractivity contribution in [2.75, 3.05) is 0 Å². The summed E-state index contributed by atoms with van der Waals surface area (Å²) in [6.07, 6.45) is 8.63. The van der Waals surface area contributed by atoms with Gasteiger partial charge < -0.3 is 24.8 Å². The number of hydrogen-bond acceptors (Lipinski definition) is 0. The van der Waals surface area contributed by atoms with Gasteiger partial charge in [0.15, 0.2) is 0 Å². The molecule has 0 N–H and O–H groups in total. The Hall–Kier alpha value is 0.943. The monoisotopic (exact) mass is 281 g/mol. The Morgan fingerprint density at radius 1 is 1.25 bits per heavy atom. The zero-order valence-corrected chi connectivity index (χ0v) is 11.6. The maximum atomic E-state index is 3.30. The van der Waals surface area contributed by atoms with Gasteiger partial charge in [0, 0.05) is 0 Å². The van der Waals surface area contributed by atoms with Gasteiger partial charge in [-0.15, -0.1) is 6.42 Å². The van der Waals surface area contributed by atoms with Gasteiger partial charge in [-0.1, -0.05) is 20.8 Å². The minimum Gasteiger partial charge on any atom is -1.00 e. The van der Waals surface area contributed by atoms with Gasteiger partial charge >= 0.3 is 26.2 Å². The first kappa shape index (κ1) is 18.7. The zero-order valence-electron chi connectivity index (χ0n) is 7.62. The van der Waals surface area contributed by atoms with E-state index in [1.807, 2.05) is 0 Å². The molecule has 0 bridgehead atoms. The Morgan fingerprint density at radius 2 is 1.75 bits per heavy atom. The second-order valence-electron chi connectivity index (χ2n) is 3.45. The van der Waals surface area contributed by atoms with Crippen molar-refractivity contribution in [3.8, 4) is 0 Å². The molecule has 0 aromatic carbocycles. The molecule has 0 fully saturated rings. The third kappa shape index (κ3) is 5.57. The predicted molar refractivity (Wildman–Crippen MR) is 40.0 cm³/mol. The predicted octanol–water partition coefficient (Wildman–Crippen LogP) is -3.27. The summed E-state index contributed by atoms with van der Waals surface area (Å²) in [5, 5.41) is 0. The van der Waals surface area contributed by atoms with Crippen LogP contribution in [0.4, 0.5) is 0 Å². The van der Waals surface area contributed by atoms with Crippen LogP contribution in [-0.4, -0.2) is 0 Å². The fourth-order valence-electron chi connectivity index (χ4n) is 0.920. The molecule has 0 heterocycles. The molecule has 1 radical (unpaired) electrons. The van der Waals surface area contributed by atoms with Crippen LogP contribution < -0.4 is 24.8 Å². The molecule has 0 unspecified atom stereocenters. The van der Waals surface area contributed by atoms with Gasteiger partial charge in [-0.05, 0) is 5.41 Å². The summed E-state index contributed by atoms with van der Waals surface area (Å²) in [5.74, 6) is 0. The third-order valence-electron chi connectivity index (χ3n) is 1.50. The van der Waals surface area contributed by atoms with Crippen LogP contribution in [0.2, 0.25) is 0 Å². The molecule has 0 atom stereocenters. The van der Waals surface area contributed by atoms with Crippen molar-refractivity contribution in [1.82, 2.24) is 0 Å². The van der Waals surface area contributed by atoms with Gasteiger partial charge in [-0.25, -0.2) is 11.6 Å². The van der Waals surface area contributed by atoms with E-state index in [0.29, 0.717) is 5.41 Å². The molecule has 1 aliphatic rings. The zero-order chi connectivity index (χ0) is 6.91. The van der Waals surface area contributed by atoms with Gasteiger partial charge in [0.2, 0.25) is 0 Å². The Kier molecular flexibility index (Phi) is 11.4. The first-order valence-corrected chi connectivity index (χ1v) is 3.38. The summed E-state index contributed by atoms with van der Waals surface area (Å²) in [5.41, 5.74) is 1.65. The smallest absolute Gasteiger partial charge is 1.00 e. The Balaban J connectivity index is -0.000000270. The molecular formula is C9H13Cl2Zr. The van der Waals surface area contributed by atoms with E-state index in [9.17, 15) is 0 Å². The summed E-state index contributed by atoms with van der Waals surface area (Å²) in [7, 11) is 0. The largest absolute Gasteiger partial charge is 3.00 e. The van der Waals surface area contributed by atoms with Crippen LogP contribution in [0.5, 0.6) is 0 Å². The number of hydrogen-bond donors (Lipinski definition) is 0. The Morgan fingerprint density at radius 3 is 1.92 bits per heavy atom. The third-order valence-corrected chi connectivity index (χ3v) is 1.50. The van der Waals surface area contributed by atoms with Crippen LogP contribution in [0.15, 0.2) is 17.7 Å². The summed E-state index contributed by atoms with van der Waals surface area (Å²) in [4.78, 5) is 0. The van der Waals surface area contributed by atoms with Crippen LogP contribution in [-0.2, 0) is 26.2 Å². The van der Waals surface area contributed by atoms with Crippen LogP contribution in [0.3, 0.4) is 0 Å². The van der Waals surface area contributed by atoms with E-state index in [4.69, 9.17) is 0 Å². The normalized spacial score (nSPS) is 13.8. The maximum absolute atomic E-state index is 3.30. The molecule has 0 nitrogen and oxygen atoms in total. The minimum atomic E-state index is 0. The van der Waals surface area contributed by atoms with E-state index >= 15 is 0 Å². The van der Waals surface area contributed by atoms with Crippen LogP contribution in [0.25, 0.3) is 0 Å². The first-order chi connectivity index (χ1) is 4.11. The van der Waals surface area contributed by atoms with E-state index in [-0.39, 0.29) is 51.0 Å². The topological polar surface area (TPSA) is 0 Å². The average molecular weight is 283 g/mol. The standard InChI is InChI=1S/C9H13.2ClH.Zr/c1-9(2,3)8-6-4-5-7-8;;;/h4,6H,5H2,1-3H3;2*1H;/q-1;;;+3/p-2. The fourth-order valence-corrected chi connectivity index (χ4v) is 0.920. The van der Waals surface area contributed by atoms with Crippen molar-refractivity contribution in [1.29, 1.82) is 0 Å². The molecule has 0 aromatic rings. The molecule has 0 amide bonds. The number of allylic oxidation sites excluding steroid dienone is 4. The Labute approximate surface area is 107 Å². The van der Waals surface area contributed by atoms with Crippen molar-refractivity contribution in [3.63, 3.8) is 0 Å². The van der Waals surface area contributed by atoms with Gasteiger partial charge in [-0.2, -0.15) is 6.08 Å². The summed E-state index contributed by atoms with van der Waals surface area (Å²) in [6, 6.07) is 0. The van der Waals surface area contributed by atoms with Crippen LogP contribution in [0, 0.1) is 11.5 Å². The summed E-state index contributed by atoms with van der Waals surface area (Å²) in [6.45, 7) is 6.64. The summed E-state index contributed by atoms with van der Waals surface area (Å²) >= 11 is 0. The van der Waals surface area contributed by atoms with Gasteiger partial charge in [0.1, 0.15) is 0 Å². The number of halogens is 2. The second-order valence-corrected chi connectivity index (χ2v) is 3.45. The van der Waals surface area contributed by atoms with Crippen molar-refractivity contribution < 1.29 is 51.0 Å². The van der Waals surface area contributed by atoms with Gasteiger partial charge in [0.05, 0.1) is 0 Å². The molecule has 67 valence electrons. The van der Waals surface area contributed by atoms with Crippen LogP contribution >= 0.6 is 0 Å². The molecule has 1 rings (SSSR count). The van der Waals surface area contributed by atoms with Crippen molar-refractivity contribution in [2.24, 2.45) is 5.41 Å². The molecule has 0 saturated heterocycles. The quantitative estimate of drug-likeness (QED) is 0.409. The molecule has 12 heavy (non-hydrogen) atoms. The molecule has 3 heteroatoms. The number of rotatable bonds is 0. The van der Waals surface area contributed by atoms with Crippen molar-refractivity contribution in [2.45, 2.75) is 27.2 Å². The minimum absolute atomic E-state index is 0. The molecule has 0 aliphatic heterocycles. The van der Waals surface area contributed by atoms with E-state index in [1.165, 1.54) is 5.57 Å². The average Bonchev–Trinajstić information content (AvgIpc) is 2.08. The maximum Gasteiger partial charge on any atom is 3.00 e. The van der Waals surface area contributed by atoms with Crippen LogP contribution in [0.1, 0.15) is 27.2 Å². The van der Waals surface area contributed by atoms with E-state index < -0.39 is 0 Å². The molecule has 0 spiro atoms. The molecular weight excluding hydrogens is 270 g/mol. The molecule has 0 saturated carbocycles. The first-order valence-electron chi connectivity index (χ1n) is 3.38. The Bertz CT molecular complexity index is 166.